The highest BCUT2D eigenvalue weighted by Crippen LogP contribution is 2.37. The van der Waals surface area contributed by atoms with Gasteiger partial charge in [-0.2, -0.15) is 0 Å². The number of aliphatic carboxylic acids is 1. The lowest BCUT2D eigenvalue weighted by molar-refractivity contribution is -0.146. The van der Waals surface area contributed by atoms with Gasteiger partial charge >= 0.3 is 5.97 Å². The molecule has 1 aromatic heterocycles. The van der Waals surface area contributed by atoms with E-state index >= 15 is 0 Å². The fourth-order valence-electron chi connectivity index (χ4n) is 4.13. The Morgan fingerprint density at radius 2 is 1.94 bits per heavy atom. The highest BCUT2D eigenvalue weighted by molar-refractivity contribution is 6.32. The highest BCUT2D eigenvalue weighted by Gasteiger charge is 2.43. The average molecular weight is 465 g/mol. The molecule has 1 amide bonds. The van der Waals surface area contributed by atoms with Gasteiger partial charge in [0.25, 0.3) is 5.91 Å². The third kappa shape index (κ3) is 4.65. The van der Waals surface area contributed by atoms with Crippen molar-refractivity contribution in [1.29, 1.82) is 0 Å². The number of halogens is 2. The van der Waals surface area contributed by atoms with E-state index < -0.39 is 23.2 Å². The van der Waals surface area contributed by atoms with Crippen LogP contribution in [0.5, 0.6) is 11.6 Å². The van der Waals surface area contributed by atoms with Gasteiger partial charge in [-0.1, -0.05) is 24.9 Å². The number of pyridine rings is 1. The van der Waals surface area contributed by atoms with Crippen molar-refractivity contribution in [3.8, 4) is 22.8 Å². The maximum absolute atomic E-state index is 14.8. The molecule has 1 fully saturated rings. The summed E-state index contributed by atoms with van der Waals surface area (Å²) >= 11 is 6.16. The summed E-state index contributed by atoms with van der Waals surface area (Å²) in [6.45, 7) is 2.07. The van der Waals surface area contributed by atoms with Gasteiger partial charge in [-0.25, -0.2) is 14.2 Å². The van der Waals surface area contributed by atoms with Crippen LogP contribution in [0.1, 0.15) is 49.4 Å². The van der Waals surface area contributed by atoms with Crippen LogP contribution in [0, 0.1) is 11.7 Å². The first-order valence-electron chi connectivity index (χ1n) is 10.4. The summed E-state index contributed by atoms with van der Waals surface area (Å²) in [5.41, 5.74) is -0.723. The van der Waals surface area contributed by atoms with Crippen molar-refractivity contribution >= 4 is 23.5 Å². The number of carbonyl (C=O) groups excluding carboxylic acids is 1. The van der Waals surface area contributed by atoms with E-state index in [1.54, 1.807) is 0 Å². The monoisotopic (exact) mass is 464 g/mol. The average Bonchev–Trinajstić information content (AvgIpc) is 2.78. The Bertz CT molecular complexity index is 1020. The van der Waals surface area contributed by atoms with Gasteiger partial charge in [0.1, 0.15) is 10.6 Å². The predicted octanol–water partition coefficient (Wildman–Crippen LogP) is 4.71. The van der Waals surface area contributed by atoms with Crippen LogP contribution in [0.4, 0.5) is 4.39 Å². The van der Waals surface area contributed by atoms with Crippen LogP contribution < -0.4 is 14.8 Å². The second kappa shape index (κ2) is 9.73. The fourth-order valence-corrected chi connectivity index (χ4v) is 4.37. The third-order valence-corrected chi connectivity index (χ3v) is 6.39. The molecule has 1 aromatic carbocycles. The number of aromatic nitrogens is 1. The first-order valence-corrected chi connectivity index (χ1v) is 10.8. The van der Waals surface area contributed by atoms with E-state index in [1.165, 1.54) is 32.5 Å². The molecule has 1 heterocycles. The predicted molar refractivity (Wildman–Crippen MR) is 118 cm³/mol. The summed E-state index contributed by atoms with van der Waals surface area (Å²) in [6, 6.07) is 3.99. The summed E-state index contributed by atoms with van der Waals surface area (Å²) in [7, 11) is 2.73. The summed E-state index contributed by atoms with van der Waals surface area (Å²) in [4.78, 5) is 29.2. The Morgan fingerprint density at radius 1 is 1.25 bits per heavy atom. The number of amides is 1. The SMILES string of the molecule is CCC1CCC(NC(=O)c2cc(F)c(OC)c(-c3cnc(OC)c(Cl)c3)c2)(C(=O)O)CC1. The van der Waals surface area contributed by atoms with E-state index in [0.717, 1.165) is 12.5 Å². The topological polar surface area (TPSA) is 97.8 Å². The molecule has 0 aliphatic heterocycles. The van der Waals surface area contributed by atoms with Crippen molar-refractivity contribution < 1.29 is 28.6 Å². The molecule has 0 spiro atoms. The Hall–Kier alpha value is -2.87. The minimum Gasteiger partial charge on any atom is -0.493 e. The number of carbonyl (C=O) groups is 2. The molecular formula is C23H26ClFN2O5. The minimum absolute atomic E-state index is 0.0246. The van der Waals surface area contributed by atoms with E-state index in [4.69, 9.17) is 21.1 Å². The molecule has 0 unspecified atom stereocenters. The second-order valence-corrected chi connectivity index (χ2v) is 8.35. The lowest BCUT2D eigenvalue weighted by Crippen LogP contribution is -2.56. The Kier molecular flexibility index (Phi) is 7.23. The van der Waals surface area contributed by atoms with E-state index in [0.29, 0.717) is 37.2 Å². The van der Waals surface area contributed by atoms with E-state index in [1.807, 2.05) is 0 Å². The number of ether oxygens (including phenoxy) is 2. The van der Waals surface area contributed by atoms with Gasteiger partial charge in [-0.15, -0.1) is 0 Å². The number of carboxylic acid groups (broad SMARTS) is 1. The molecule has 0 radical (unpaired) electrons. The largest absolute Gasteiger partial charge is 0.493 e. The molecule has 2 aromatic rings. The number of carboxylic acids is 1. The van der Waals surface area contributed by atoms with Gasteiger partial charge in [0, 0.05) is 22.9 Å². The molecular weight excluding hydrogens is 439 g/mol. The van der Waals surface area contributed by atoms with Gasteiger partial charge < -0.3 is 19.9 Å². The van der Waals surface area contributed by atoms with Crippen molar-refractivity contribution in [2.75, 3.05) is 14.2 Å². The fraction of sp³-hybridized carbons (Fsp3) is 0.435. The lowest BCUT2D eigenvalue weighted by Gasteiger charge is -2.37. The smallest absolute Gasteiger partial charge is 0.329 e. The Morgan fingerprint density at radius 3 is 2.47 bits per heavy atom. The molecule has 0 bridgehead atoms. The molecule has 32 heavy (non-hydrogen) atoms. The maximum atomic E-state index is 14.8. The summed E-state index contributed by atoms with van der Waals surface area (Å²) < 4.78 is 25.1. The number of hydrogen-bond donors (Lipinski definition) is 2. The normalized spacial score (nSPS) is 20.5. The number of methoxy groups -OCH3 is 2. The van der Waals surface area contributed by atoms with Crippen molar-refractivity contribution in [3.05, 3.63) is 40.8 Å². The molecule has 0 atom stereocenters. The molecule has 2 N–H and O–H groups in total. The maximum Gasteiger partial charge on any atom is 0.329 e. The van der Waals surface area contributed by atoms with E-state index in [-0.39, 0.29) is 27.8 Å². The highest BCUT2D eigenvalue weighted by atomic mass is 35.5. The van der Waals surface area contributed by atoms with Crippen LogP contribution in [0.3, 0.4) is 0 Å². The zero-order valence-electron chi connectivity index (χ0n) is 18.2. The molecule has 3 rings (SSSR count). The summed E-state index contributed by atoms with van der Waals surface area (Å²) in [5, 5.41) is 12.7. The van der Waals surface area contributed by atoms with Gasteiger partial charge in [-0.3, -0.25) is 4.79 Å². The van der Waals surface area contributed by atoms with Crippen LogP contribution in [-0.2, 0) is 4.79 Å². The Labute approximate surface area is 190 Å². The summed E-state index contributed by atoms with van der Waals surface area (Å²) in [6.07, 6.45) is 4.47. The molecule has 1 aliphatic rings. The number of rotatable bonds is 7. The standard InChI is InChI=1S/C23H26ClFN2O5/c1-4-13-5-7-23(8-6-13,22(29)30)27-20(28)14-9-16(19(31-2)18(25)11-14)15-10-17(24)21(32-3)26-12-15/h9-13H,4-8H2,1-3H3,(H,27,28)(H,29,30). The molecule has 172 valence electrons. The van der Waals surface area contributed by atoms with Crippen LogP contribution in [0.15, 0.2) is 24.4 Å². The quantitative estimate of drug-likeness (QED) is 0.615. The minimum atomic E-state index is -1.37. The molecule has 9 heteroatoms. The second-order valence-electron chi connectivity index (χ2n) is 7.95. The first kappa shape index (κ1) is 23.8. The third-order valence-electron chi connectivity index (χ3n) is 6.12. The van der Waals surface area contributed by atoms with Crippen molar-refractivity contribution in [2.45, 2.75) is 44.6 Å². The van der Waals surface area contributed by atoms with Gasteiger partial charge in [0.15, 0.2) is 11.6 Å². The van der Waals surface area contributed by atoms with Gasteiger partial charge in [0.2, 0.25) is 5.88 Å². The van der Waals surface area contributed by atoms with Crippen LogP contribution in [-0.4, -0.2) is 41.7 Å². The van der Waals surface area contributed by atoms with Crippen LogP contribution in [0.25, 0.3) is 11.1 Å². The van der Waals surface area contributed by atoms with Gasteiger partial charge in [-0.05, 0) is 49.8 Å². The summed E-state index contributed by atoms with van der Waals surface area (Å²) in [5.74, 6) is -1.95. The Balaban J connectivity index is 1.97. The molecule has 7 nitrogen and oxygen atoms in total. The molecule has 0 saturated heterocycles. The van der Waals surface area contributed by atoms with Crippen molar-refractivity contribution in [2.24, 2.45) is 5.92 Å². The number of benzene rings is 1. The lowest BCUT2D eigenvalue weighted by atomic mass is 9.75. The zero-order chi connectivity index (χ0) is 23.5. The number of nitrogens with zero attached hydrogens (tertiary/aromatic N) is 1. The first-order chi connectivity index (χ1) is 15.2. The van der Waals surface area contributed by atoms with E-state index in [2.05, 4.69) is 17.2 Å². The number of nitrogens with one attached hydrogen (secondary N) is 1. The zero-order valence-corrected chi connectivity index (χ0v) is 19.0. The van der Waals surface area contributed by atoms with E-state index in [9.17, 15) is 19.1 Å². The van der Waals surface area contributed by atoms with Crippen LogP contribution >= 0.6 is 11.6 Å². The molecule has 1 saturated carbocycles. The van der Waals surface area contributed by atoms with Crippen molar-refractivity contribution in [3.63, 3.8) is 0 Å². The van der Waals surface area contributed by atoms with Gasteiger partial charge in [0.05, 0.1) is 14.2 Å². The number of hydrogen-bond acceptors (Lipinski definition) is 5. The molecule has 1 aliphatic carbocycles. The van der Waals surface area contributed by atoms with Crippen molar-refractivity contribution in [1.82, 2.24) is 10.3 Å². The van der Waals surface area contributed by atoms with Crippen LogP contribution in [0.2, 0.25) is 5.02 Å².